The summed E-state index contributed by atoms with van der Waals surface area (Å²) in [6.07, 6.45) is 0. The molecule has 1 aromatic carbocycles. The Morgan fingerprint density at radius 2 is 1.90 bits per heavy atom. The van der Waals surface area contributed by atoms with E-state index in [1.165, 1.54) is 12.1 Å². The summed E-state index contributed by atoms with van der Waals surface area (Å²) in [4.78, 5) is 23.1. The molecule has 0 unspecified atom stereocenters. The second-order valence-electron chi connectivity index (χ2n) is 5.44. The van der Waals surface area contributed by atoms with Crippen molar-refractivity contribution in [2.45, 2.75) is 26.3 Å². The highest BCUT2D eigenvalue weighted by atomic mass is 35.5. The molecule has 0 aliphatic heterocycles. The molecule has 0 saturated heterocycles. The van der Waals surface area contributed by atoms with E-state index in [0.29, 0.717) is 11.4 Å². The van der Waals surface area contributed by atoms with Crippen LogP contribution in [-0.4, -0.2) is 23.9 Å². The van der Waals surface area contributed by atoms with E-state index in [0.717, 1.165) is 0 Å². The fraction of sp³-hybridized carbons (Fsp3) is 0.385. The average Bonchev–Trinajstić information content (AvgIpc) is 2.24. The van der Waals surface area contributed by atoms with Gasteiger partial charge < -0.3 is 22.1 Å². The Morgan fingerprint density at radius 3 is 2.40 bits per heavy atom. The number of hydrogen-bond acceptors (Lipinski definition) is 4. The predicted molar refractivity (Wildman–Crippen MR) is 80.8 cm³/mol. The van der Waals surface area contributed by atoms with Crippen LogP contribution in [-0.2, 0) is 4.79 Å². The van der Waals surface area contributed by atoms with Crippen molar-refractivity contribution >= 4 is 34.8 Å². The molecule has 20 heavy (non-hydrogen) atoms. The second-order valence-corrected chi connectivity index (χ2v) is 5.85. The van der Waals surface area contributed by atoms with Crippen LogP contribution in [0.5, 0.6) is 0 Å². The number of hydrogen-bond donors (Lipinski definition) is 4. The summed E-state index contributed by atoms with van der Waals surface area (Å²) in [5, 5.41) is 5.83. The Hall–Kier alpha value is -1.95. The molecule has 0 fully saturated rings. The van der Waals surface area contributed by atoms with Crippen molar-refractivity contribution in [2.75, 3.05) is 17.6 Å². The largest absolute Gasteiger partial charge is 0.399 e. The molecule has 110 valence electrons. The Labute approximate surface area is 122 Å². The maximum atomic E-state index is 11.7. The van der Waals surface area contributed by atoms with E-state index in [1.807, 2.05) is 20.8 Å². The van der Waals surface area contributed by atoms with E-state index in [4.69, 9.17) is 23.1 Å². The van der Waals surface area contributed by atoms with Gasteiger partial charge in [-0.05, 0) is 32.9 Å². The molecule has 6 N–H and O–H groups in total. The highest BCUT2D eigenvalue weighted by Crippen LogP contribution is 2.28. The lowest BCUT2D eigenvalue weighted by Gasteiger charge is -2.21. The van der Waals surface area contributed by atoms with E-state index >= 15 is 0 Å². The van der Waals surface area contributed by atoms with Crippen LogP contribution in [0.15, 0.2) is 12.1 Å². The third-order valence-electron chi connectivity index (χ3n) is 2.32. The van der Waals surface area contributed by atoms with Gasteiger partial charge in [-0.15, -0.1) is 0 Å². The standard InChI is InChI=1S/C13H19ClN4O2/c1-13(2,3)18-10(19)6-17-11-8(12(16)20)4-7(15)5-9(11)14/h4-5,17H,6,15H2,1-3H3,(H2,16,20)(H,18,19). The normalized spacial score (nSPS) is 11.0. The number of nitrogens with one attached hydrogen (secondary N) is 2. The van der Waals surface area contributed by atoms with E-state index in [1.54, 1.807) is 0 Å². The van der Waals surface area contributed by atoms with E-state index in [9.17, 15) is 9.59 Å². The molecule has 7 heteroatoms. The minimum Gasteiger partial charge on any atom is -0.399 e. The number of anilines is 2. The van der Waals surface area contributed by atoms with Gasteiger partial charge in [-0.3, -0.25) is 9.59 Å². The second kappa shape index (κ2) is 6.00. The van der Waals surface area contributed by atoms with Crippen molar-refractivity contribution in [3.8, 4) is 0 Å². The molecule has 0 aliphatic carbocycles. The zero-order valence-electron chi connectivity index (χ0n) is 11.7. The number of benzene rings is 1. The van der Waals surface area contributed by atoms with Crippen molar-refractivity contribution in [3.05, 3.63) is 22.7 Å². The minimum atomic E-state index is -0.669. The van der Waals surface area contributed by atoms with Crippen LogP contribution >= 0.6 is 11.6 Å². The lowest BCUT2D eigenvalue weighted by atomic mass is 10.1. The quantitative estimate of drug-likeness (QED) is 0.629. The Balaban J connectivity index is 2.88. The summed E-state index contributed by atoms with van der Waals surface area (Å²) < 4.78 is 0. The zero-order valence-corrected chi connectivity index (χ0v) is 12.5. The van der Waals surface area contributed by atoms with Gasteiger partial charge in [0.05, 0.1) is 22.8 Å². The fourth-order valence-electron chi connectivity index (χ4n) is 1.63. The Bertz CT molecular complexity index is 538. The van der Waals surface area contributed by atoms with E-state index in [2.05, 4.69) is 10.6 Å². The smallest absolute Gasteiger partial charge is 0.250 e. The van der Waals surface area contributed by atoms with Gasteiger partial charge in [0.15, 0.2) is 0 Å². The number of nitrogen functional groups attached to an aromatic ring is 1. The van der Waals surface area contributed by atoms with Gasteiger partial charge in [0.1, 0.15) is 0 Å². The summed E-state index contributed by atoms with van der Waals surface area (Å²) in [6, 6.07) is 2.90. The van der Waals surface area contributed by atoms with Crippen molar-refractivity contribution < 1.29 is 9.59 Å². The van der Waals surface area contributed by atoms with E-state index < -0.39 is 5.91 Å². The number of nitrogens with two attached hydrogens (primary N) is 2. The molecule has 2 amide bonds. The van der Waals surface area contributed by atoms with Crippen molar-refractivity contribution in [3.63, 3.8) is 0 Å². The zero-order chi connectivity index (χ0) is 15.5. The number of primary amides is 1. The van der Waals surface area contributed by atoms with Crippen molar-refractivity contribution in [2.24, 2.45) is 5.73 Å². The Kier molecular flexibility index (Phi) is 4.83. The monoisotopic (exact) mass is 298 g/mol. The van der Waals surface area contributed by atoms with Crippen LogP contribution in [0.25, 0.3) is 0 Å². The molecule has 0 spiro atoms. The van der Waals surface area contributed by atoms with Crippen LogP contribution in [0.1, 0.15) is 31.1 Å². The number of carbonyl (C=O) groups is 2. The highest BCUT2D eigenvalue weighted by Gasteiger charge is 2.16. The number of halogens is 1. The molecule has 0 bridgehead atoms. The van der Waals surface area contributed by atoms with Crippen LogP contribution in [0, 0.1) is 0 Å². The third-order valence-corrected chi connectivity index (χ3v) is 2.62. The van der Waals surface area contributed by atoms with Crippen molar-refractivity contribution in [1.29, 1.82) is 0 Å². The fourth-order valence-corrected chi connectivity index (χ4v) is 1.93. The van der Waals surface area contributed by atoms with Gasteiger partial charge >= 0.3 is 0 Å². The van der Waals surface area contributed by atoms with Gasteiger partial charge in [-0.2, -0.15) is 0 Å². The summed E-state index contributed by atoms with van der Waals surface area (Å²) in [5.74, 6) is -0.890. The molecule has 0 aromatic heterocycles. The highest BCUT2D eigenvalue weighted by molar-refractivity contribution is 6.34. The van der Waals surface area contributed by atoms with Gasteiger partial charge in [0.25, 0.3) is 5.91 Å². The summed E-state index contributed by atoms with van der Waals surface area (Å²) in [7, 11) is 0. The topological polar surface area (TPSA) is 110 Å². The molecule has 0 aliphatic rings. The number of rotatable bonds is 4. The maximum absolute atomic E-state index is 11.7. The SMILES string of the molecule is CC(C)(C)NC(=O)CNc1c(Cl)cc(N)cc1C(N)=O. The molecule has 0 saturated carbocycles. The number of carbonyl (C=O) groups excluding carboxylic acids is 2. The molecule has 1 rings (SSSR count). The first kappa shape index (κ1) is 16.1. The van der Waals surface area contributed by atoms with Gasteiger partial charge in [0, 0.05) is 11.2 Å². The summed E-state index contributed by atoms with van der Waals surface area (Å²) >= 11 is 6.01. The lowest BCUT2D eigenvalue weighted by molar-refractivity contribution is -0.120. The molecule has 0 heterocycles. The first-order chi connectivity index (χ1) is 9.10. The van der Waals surface area contributed by atoms with Gasteiger partial charge in [-0.25, -0.2) is 0 Å². The number of amides is 2. The lowest BCUT2D eigenvalue weighted by Crippen LogP contribution is -2.43. The van der Waals surface area contributed by atoms with Crippen LogP contribution in [0.2, 0.25) is 5.02 Å². The average molecular weight is 299 g/mol. The van der Waals surface area contributed by atoms with Crippen LogP contribution < -0.4 is 22.1 Å². The Morgan fingerprint density at radius 1 is 1.30 bits per heavy atom. The molecule has 6 nitrogen and oxygen atoms in total. The van der Waals surface area contributed by atoms with Crippen LogP contribution in [0.4, 0.5) is 11.4 Å². The molecular formula is C13H19ClN4O2. The van der Waals surface area contributed by atoms with Gasteiger partial charge in [0.2, 0.25) is 5.91 Å². The minimum absolute atomic E-state index is 0.0266. The molecular weight excluding hydrogens is 280 g/mol. The third kappa shape index (κ3) is 4.62. The van der Waals surface area contributed by atoms with E-state index in [-0.39, 0.29) is 28.6 Å². The summed E-state index contributed by atoms with van der Waals surface area (Å²) in [5.41, 5.74) is 11.3. The molecule has 0 atom stereocenters. The van der Waals surface area contributed by atoms with Crippen molar-refractivity contribution in [1.82, 2.24) is 5.32 Å². The molecule has 0 radical (unpaired) electrons. The maximum Gasteiger partial charge on any atom is 0.250 e. The summed E-state index contributed by atoms with van der Waals surface area (Å²) in [6.45, 7) is 5.59. The predicted octanol–water partition coefficient (Wildman–Crippen LogP) is 1.35. The first-order valence-corrected chi connectivity index (χ1v) is 6.41. The van der Waals surface area contributed by atoms with Gasteiger partial charge in [-0.1, -0.05) is 11.6 Å². The molecule has 1 aromatic rings. The van der Waals surface area contributed by atoms with Crippen LogP contribution in [0.3, 0.4) is 0 Å². The first-order valence-electron chi connectivity index (χ1n) is 6.04.